The van der Waals surface area contributed by atoms with E-state index in [1.807, 2.05) is 0 Å². The zero-order chi connectivity index (χ0) is 14.0. The number of nitrogen functional groups attached to an aromatic ring is 1. The van der Waals surface area contributed by atoms with Gasteiger partial charge in [-0.25, -0.2) is 13.8 Å². The molecule has 0 unspecified atom stereocenters. The molecule has 7 heteroatoms. The van der Waals surface area contributed by atoms with E-state index in [0.717, 1.165) is 18.3 Å². The van der Waals surface area contributed by atoms with Gasteiger partial charge in [0, 0.05) is 5.02 Å². The summed E-state index contributed by atoms with van der Waals surface area (Å²) < 4.78 is 26.4. The Morgan fingerprint density at radius 1 is 1.32 bits per heavy atom. The van der Waals surface area contributed by atoms with Gasteiger partial charge in [0.15, 0.2) is 0 Å². The van der Waals surface area contributed by atoms with Gasteiger partial charge in [0.25, 0.3) is 5.91 Å². The van der Waals surface area contributed by atoms with Crippen LogP contribution in [0.15, 0.2) is 30.5 Å². The molecule has 0 fully saturated rings. The van der Waals surface area contributed by atoms with Crippen molar-refractivity contribution in [3.8, 4) is 0 Å². The van der Waals surface area contributed by atoms with Crippen LogP contribution in [0.25, 0.3) is 0 Å². The number of halogens is 3. The smallest absolute Gasteiger partial charge is 0.259 e. The summed E-state index contributed by atoms with van der Waals surface area (Å²) in [5.74, 6) is -2.31. The van der Waals surface area contributed by atoms with Crippen molar-refractivity contribution in [1.82, 2.24) is 4.98 Å². The molecule has 0 saturated heterocycles. The van der Waals surface area contributed by atoms with E-state index in [1.54, 1.807) is 0 Å². The third kappa shape index (κ3) is 2.97. The molecular formula is C12H8ClF2N3O. The van der Waals surface area contributed by atoms with Gasteiger partial charge in [0.1, 0.15) is 17.5 Å². The largest absolute Gasteiger partial charge is 0.383 e. The maximum absolute atomic E-state index is 13.4. The molecular weight excluding hydrogens is 276 g/mol. The molecule has 0 atom stereocenters. The minimum Gasteiger partial charge on any atom is -0.383 e. The molecule has 0 saturated carbocycles. The summed E-state index contributed by atoms with van der Waals surface area (Å²) in [6.45, 7) is 0. The first-order chi connectivity index (χ1) is 8.97. The zero-order valence-corrected chi connectivity index (χ0v) is 10.2. The second kappa shape index (κ2) is 5.19. The normalized spacial score (nSPS) is 10.3. The molecule has 1 aromatic heterocycles. The van der Waals surface area contributed by atoms with Crippen molar-refractivity contribution in [2.24, 2.45) is 0 Å². The van der Waals surface area contributed by atoms with Gasteiger partial charge >= 0.3 is 0 Å². The maximum atomic E-state index is 13.4. The van der Waals surface area contributed by atoms with E-state index in [1.165, 1.54) is 12.1 Å². The number of nitrogens with one attached hydrogen (secondary N) is 1. The molecule has 0 spiro atoms. The highest BCUT2D eigenvalue weighted by molar-refractivity contribution is 6.31. The van der Waals surface area contributed by atoms with E-state index in [-0.39, 0.29) is 22.1 Å². The number of amides is 1. The summed E-state index contributed by atoms with van der Waals surface area (Å²) in [6.07, 6.45) is 0.881. The zero-order valence-electron chi connectivity index (χ0n) is 9.45. The Balaban J connectivity index is 2.30. The lowest BCUT2D eigenvalue weighted by atomic mass is 10.2. The topological polar surface area (TPSA) is 68.0 Å². The molecule has 2 aromatic rings. The number of hydrogen-bond acceptors (Lipinski definition) is 3. The van der Waals surface area contributed by atoms with Crippen LogP contribution in [0.2, 0.25) is 5.02 Å². The summed E-state index contributed by atoms with van der Waals surface area (Å²) in [7, 11) is 0. The van der Waals surface area contributed by atoms with Crippen molar-refractivity contribution in [2.75, 3.05) is 11.1 Å². The quantitative estimate of drug-likeness (QED) is 0.890. The fourth-order valence-electron chi connectivity index (χ4n) is 1.41. The number of benzene rings is 1. The minimum atomic E-state index is -0.773. The van der Waals surface area contributed by atoms with Crippen LogP contribution in [0, 0.1) is 11.6 Å². The Morgan fingerprint density at radius 3 is 2.79 bits per heavy atom. The fraction of sp³-hybridized carbons (Fsp3) is 0. The van der Waals surface area contributed by atoms with Gasteiger partial charge in [-0.05, 0) is 24.3 Å². The minimum absolute atomic E-state index is 0.124. The van der Waals surface area contributed by atoms with Crippen LogP contribution in [0.1, 0.15) is 10.4 Å². The summed E-state index contributed by atoms with van der Waals surface area (Å²) in [4.78, 5) is 15.3. The standard InChI is InChI=1S/C12H8ClF2N3O/c13-6-1-2-9(15)10(3-6)18-12(19)8-4-7(14)5-17-11(8)16/h1-5H,(H2,16,17)(H,18,19). The average molecular weight is 284 g/mol. The van der Waals surface area contributed by atoms with Crippen molar-refractivity contribution in [3.63, 3.8) is 0 Å². The molecule has 19 heavy (non-hydrogen) atoms. The lowest BCUT2D eigenvalue weighted by molar-refractivity contribution is 0.102. The third-order valence-electron chi connectivity index (χ3n) is 2.31. The molecule has 1 heterocycles. The van der Waals surface area contributed by atoms with E-state index in [9.17, 15) is 13.6 Å². The van der Waals surface area contributed by atoms with Gasteiger partial charge in [0.05, 0.1) is 17.4 Å². The Bertz CT molecular complexity index is 649. The third-order valence-corrected chi connectivity index (χ3v) is 2.54. The molecule has 0 aliphatic heterocycles. The van der Waals surface area contributed by atoms with Crippen LogP contribution in [-0.2, 0) is 0 Å². The molecule has 3 N–H and O–H groups in total. The molecule has 0 aliphatic carbocycles. The predicted molar refractivity (Wildman–Crippen MR) is 68.0 cm³/mol. The Labute approximate surface area is 112 Å². The highest BCUT2D eigenvalue weighted by Crippen LogP contribution is 2.21. The highest BCUT2D eigenvalue weighted by Gasteiger charge is 2.14. The van der Waals surface area contributed by atoms with Crippen LogP contribution in [0.4, 0.5) is 20.3 Å². The molecule has 2 rings (SSSR count). The van der Waals surface area contributed by atoms with E-state index in [0.29, 0.717) is 0 Å². The number of pyridine rings is 1. The molecule has 0 radical (unpaired) electrons. The Kier molecular flexibility index (Phi) is 3.62. The molecule has 4 nitrogen and oxygen atoms in total. The monoisotopic (exact) mass is 283 g/mol. The SMILES string of the molecule is Nc1ncc(F)cc1C(=O)Nc1cc(Cl)ccc1F. The van der Waals surface area contributed by atoms with Gasteiger partial charge < -0.3 is 11.1 Å². The molecule has 1 amide bonds. The first-order valence-corrected chi connectivity index (χ1v) is 5.52. The second-order valence-electron chi connectivity index (χ2n) is 3.66. The van der Waals surface area contributed by atoms with Gasteiger partial charge in [-0.1, -0.05) is 11.6 Å². The number of anilines is 2. The maximum Gasteiger partial charge on any atom is 0.259 e. The number of carbonyl (C=O) groups is 1. The highest BCUT2D eigenvalue weighted by atomic mass is 35.5. The number of rotatable bonds is 2. The second-order valence-corrected chi connectivity index (χ2v) is 4.10. The molecule has 0 bridgehead atoms. The fourth-order valence-corrected chi connectivity index (χ4v) is 1.59. The van der Waals surface area contributed by atoms with Gasteiger partial charge in [0.2, 0.25) is 0 Å². The molecule has 1 aromatic carbocycles. The summed E-state index contributed by atoms with van der Waals surface area (Å²) in [5, 5.41) is 2.50. The number of nitrogens with two attached hydrogens (primary N) is 1. The van der Waals surface area contributed by atoms with Crippen molar-refractivity contribution in [1.29, 1.82) is 0 Å². The number of carbonyl (C=O) groups excluding carboxylic acids is 1. The van der Waals surface area contributed by atoms with Gasteiger partial charge in [-0.2, -0.15) is 0 Å². The number of hydrogen-bond donors (Lipinski definition) is 2. The van der Waals surface area contributed by atoms with Crippen molar-refractivity contribution < 1.29 is 13.6 Å². The first kappa shape index (κ1) is 13.2. The van der Waals surface area contributed by atoms with E-state index >= 15 is 0 Å². The Morgan fingerprint density at radius 2 is 2.05 bits per heavy atom. The first-order valence-electron chi connectivity index (χ1n) is 5.15. The van der Waals surface area contributed by atoms with Gasteiger partial charge in [-0.15, -0.1) is 0 Å². The van der Waals surface area contributed by atoms with Crippen LogP contribution in [0.5, 0.6) is 0 Å². The summed E-state index contributed by atoms with van der Waals surface area (Å²) >= 11 is 5.69. The van der Waals surface area contributed by atoms with E-state index in [4.69, 9.17) is 17.3 Å². The number of aromatic nitrogens is 1. The van der Waals surface area contributed by atoms with Crippen molar-refractivity contribution in [3.05, 3.63) is 52.7 Å². The molecule has 0 aliphatic rings. The van der Waals surface area contributed by atoms with Gasteiger partial charge in [-0.3, -0.25) is 4.79 Å². The molecule has 98 valence electrons. The average Bonchev–Trinajstić information content (AvgIpc) is 2.36. The van der Waals surface area contributed by atoms with Crippen LogP contribution >= 0.6 is 11.6 Å². The van der Waals surface area contributed by atoms with E-state index in [2.05, 4.69) is 10.3 Å². The van der Waals surface area contributed by atoms with Crippen LogP contribution in [0.3, 0.4) is 0 Å². The van der Waals surface area contributed by atoms with Crippen molar-refractivity contribution in [2.45, 2.75) is 0 Å². The van der Waals surface area contributed by atoms with Crippen molar-refractivity contribution >= 4 is 29.0 Å². The van der Waals surface area contributed by atoms with E-state index < -0.39 is 17.5 Å². The summed E-state index contributed by atoms with van der Waals surface area (Å²) in [5.41, 5.74) is 5.15. The Hall–Kier alpha value is -2.21. The lowest BCUT2D eigenvalue weighted by Gasteiger charge is -2.08. The summed E-state index contributed by atoms with van der Waals surface area (Å²) in [6, 6.07) is 4.59. The predicted octanol–water partition coefficient (Wildman–Crippen LogP) is 2.85. The van der Waals surface area contributed by atoms with Crippen LogP contribution < -0.4 is 11.1 Å². The number of nitrogens with zero attached hydrogens (tertiary/aromatic N) is 1. The van der Waals surface area contributed by atoms with Crippen LogP contribution in [-0.4, -0.2) is 10.9 Å². The lowest BCUT2D eigenvalue weighted by Crippen LogP contribution is -2.16.